The summed E-state index contributed by atoms with van der Waals surface area (Å²) in [4.78, 5) is 4.38. The predicted molar refractivity (Wildman–Crippen MR) is 125 cm³/mol. The second-order valence-corrected chi connectivity index (χ2v) is 9.08. The van der Waals surface area contributed by atoms with Gasteiger partial charge in [-0.05, 0) is 34.2 Å². The summed E-state index contributed by atoms with van der Waals surface area (Å²) in [6.07, 6.45) is 0. The minimum absolute atomic E-state index is 0.0933. The first kappa shape index (κ1) is 22.2. The molecule has 0 bridgehead atoms. The molecule has 3 rings (SSSR count). The zero-order valence-corrected chi connectivity index (χ0v) is 18.9. The van der Waals surface area contributed by atoms with E-state index in [4.69, 9.17) is 10.5 Å². The van der Waals surface area contributed by atoms with Gasteiger partial charge in [0.05, 0.1) is 12.7 Å². The van der Waals surface area contributed by atoms with Gasteiger partial charge in [-0.2, -0.15) is 10.5 Å². The van der Waals surface area contributed by atoms with Gasteiger partial charge in [0, 0.05) is 11.3 Å². The molecule has 0 saturated heterocycles. The maximum Gasteiger partial charge on any atom is 0.143 e. The summed E-state index contributed by atoms with van der Waals surface area (Å²) in [5.41, 5.74) is 10.4. The van der Waals surface area contributed by atoms with Gasteiger partial charge in [0.15, 0.2) is 0 Å². The molecule has 0 saturated carbocycles. The normalized spacial score (nSPS) is 10.9. The van der Waals surface area contributed by atoms with Crippen LogP contribution in [-0.4, -0.2) is 12.1 Å². The Balaban J connectivity index is 1.98. The highest BCUT2D eigenvalue weighted by molar-refractivity contribution is 7.98. The summed E-state index contributed by atoms with van der Waals surface area (Å²) in [5, 5.41) is 20.1. The molecule has 0 unspecified atom stereocenters. The van der Waals surface area contributed by atoms with Gasteiger partial charge >= 0.3 is 0 Å². The number of nitriles is 2. The van der Waals surface area contributed by atoms with E-state index in [0.717, 1.165) is 11.1 Å². The van der Waals surface area contributed by atoms with Crippen LogP contribution in [0.25, 0.3) is 11.1 Å². The Morgan fingerprint density at radius 3 is 2.10 bits per heavy atom. The molecule has 0 fully saturated rings. The summed E-state index contributed by atoms with van der Waals surface area (Å²) in [6, 6.07) is 20.0. The highest BCUT2D eigenvalue weighted by atomic mass is 32.2. The van der Waals surface area contributed by atoms with Crippen LogP contribution >= 0.6 is 11.8 Å². The monoisotopic (exact) mass is 428 g/mol. The summed E-state index contributed by atoms with van der Waals surface area (Å²) >= 11 is 1.44. The highest BCUT2D eigenvalue weighted by Crippen LogP contribution is 2.37. The lowest BCUT2D eigenvalue weighted by atomic mass is 9.87. The molecule has 1 heterocycles. The molecule has 156 valence electrons. The van der Waals surface area contributed by atoms with Crippen molar-refractivity contribution < 1.29 is 4.74 Å². The van der Waals surface area contributed by atoms with E-state index in [1.54, 1.807) is 19.2 Å². The molecule has 0 spiro atoms. The van der Waals surface area contributed by atoms with E-state index in [9.17, 15) is 10.5 Å². The molecule has 0 aliphatic carbocycles. The number of nitrogens with two attached hydrogens (primary N) is 1. The Bertz CT molecular complexity index is 1170. The molecular weight excluding hydrogens is 404 g/mol. The van der Waals surface area contributed by atoms with Crippen LogP contribution in [0.4, 0.5) is 5.82 Å². The average molecular weight is 429 g/mol. The zero-order valence-electron chi connectivity index (χ0n) is 18.1. The molecule has 6 heteroatoms. The molecule has 5 nitrogen and oxygen atoms in total. The van der Waals surface area contributed by atoms with Crippen molar-refractivity contribution in [3.05, 3.63) is 70.8 Å². The van der Waals surface area contributed by atoms with Crippen molar-refractivity contribution in [3.63, 3.8) is 0 Å². The summed E-state index contributed by atoms with van der Waals surface area (Å²) in [5.74, 6) is 1.45. The highest BCUT2D eigenvalue weighted by Gasteiger charge is 2.21. The number of thioether (sulfide) groups is 1. The van der Waals surface area contributed by atoms with Gasteiger partial charge in [-0.1, -0.05) is 57.2 Å². The van der Waals surface area contributed by atoms with Crippen LogP contribution in [-0.2, 0) is 11.2 Å². The smallest absolute Gasteiger partial charge is 0.143 e. The molecule has 2 N–H and O–H groups in total. The summed E-state index contributed by atoms with van der Waals surface area (Å²) in [6.45, 7) is 6.54. The average Bonchev–Trinajstić information content (AvgIpc) is 2.77. The lowest BCUT2D eigenvalue weighted by Gasteiger charge is -2.19. The molecule has 1 aromatic heterocycles. The minimum atomic E-state index is 0.0933. The van der Waals surface area contributed by atoms with Crippen molar-refractivity contribution in [1.29, 1.82) is 10.5 Å². The van der Waals surface area contributed by atoms with E-state index >= 15 is 0 Å². The second-order valence-electron chi connectivity index (χ2n) is 8.11. The zero-order chi connectivity index (χ0) is 22.6. The van der Waals surface area contributed by atoms with Crippen LogP contribution in [0.5, 0.6) is 5.75 Å². The number of benzene rings is 2. The predicted octanol–water partition coefficient (Wildman–Crippen LogP) is 5.67. The fourth-order valence-electron chi connectivity index (χ4n) is 3.20. The van der Waals surface area contributed by atoms with Gasteiger partial charge in [-0.3, -0.25) is 0 Å². The Morgan fingerprint density at radius 2 is 1.58 bits per heavy atom. The van der Waals surface area contributed by atoms with Gasteiger partial charge in [-0.25, -0.2) is 4.98 Å². The summed E-state index contributed by atoms with van der Waals surface area (Å²) in [7, 11) is 1.59. The molecule has 2 aromatic carbocycles. The first-order valence-corrected chi connectivity index (χ1v) is 10.8. The van der Waals surface area contributed by atoms with Gasteiger partial charge in [0.1, 0.15) is 34.3 Å². The van der Waals surface area contributed by atoms with Crippen molar-refractivity contribution >= 4 is 17.6 Å². The quantitative estimate of drug-likeness (QED) is 0.526. The number of methoxy groups -OCH3 is 1. The second kappa shape index (κ2) is 9.12. The number of pyridine rings is 1. The standard InChI is InChI=1S/C25H24N4OS/c1-25(2,3)18-9-5-16(6-10-18)15-31-24-21(14-27)22(20(13-26)23(28)29-24)17-7-11-19(30-4)12-8-17/h5-12H,15H2,1-4H3,(H2,28,29). The van der Waals surface area contributed by atoms with Crippen LogP contribution in [0, 0.1) is 22.7 Å². The number of nitrogen functional groups attached to an aromatic ring is 1. The van der Waals surface area contributed by atoms with Gasteiger partial charge in [0.2, 0.25) is 0 Å². The van der Waals surface area contributed by atoms with Crippen LogP contribution < -0.4 is 10.5 Å². The van der Waals surface area contributed by atoms with E-state index in [1.165, 1.54) is 17.3 Å². The number of ether oxygens (including phenoxy) is 1. The van der Waals surface area contributed by atoms with Crippen molar-refractivity contribution in [2.24, 2.45) is 0 Å². The Kier molecular flexibility index (Phi) is 6.53. The number of hydrogen-bond acceptors (Lipinski definition) is 6. The van der Waals surface area contributed by atoms with Crippen LogP contribution in [0.1, 0.15) is 43.0 Å². The molecule has 0 atom stereocenters. The maximum atomic E-state index is 9.92. The van der Waals surface area contributed by atoms with Crippen molar-refractivity contribution in [1.82, 2.24) is 4.98 Å². The van der Waals surface area contributed by atoms with Gasteiger partial charge in [0.25, 0.3) is 0 Å². The third kappa shape index (κ3) is 4.82. The lowest BCUT2D eigenvalue weighted by molar-refractivity contribution is 0.415. The van der Waals surface area contributed by atoms with E-state index in [2.05, 4.69) is 62.2 Å². The van der Waals surface area contributed by atoms with Crippen LogP contribution in [0.3, 0.4) is 0 Å². The minimum Gasteiger partial charge on any atom is -0.497 e. The fraction of sp³-hybridized carbons (Fsp3) is 0.240. The third-order valence-electron chi connectivity index (χ3n) is 4.99. The van der Waals surface area contributed by atoms with E-state index < -0.39 is 0 Å². The van der Waals surface area contributed by atoms with E-state index in [0.29, 0.717) is 27.7 Å². The Labute approximate surface area is 187 Å². The van der Waals surface area contributed by atoms with Crippen molar-refractivity contribution in [3.8, 4) is 29.0 Å². The molecule has 3 aromatic rings. The van der Waals surface area contributed by atoms with Crippen LogP contribution in [0.2, 0.25) is 0 Å². The van der Waals surface area contributed by atoms with E-state index in [-0.39, 0.29) is 16.8 Å². The van der Waals surface area contributed by atoms with Crippen molar-refractivity contribution in [2.75, 3.05) is 12.8 Å². The van der Waals surface area contributed by atoms with Gasteiger partial charge in [-0.15, -0.1) is 11.8 Å². The molecule has 0 amide bonds. The number of anilines is 1. The molecule has 31 heavy (non-hydrogen) atoms. The first-order chi connectivity index (χ1) is 14.8. The molecule has 0 aliphatic heterocycles. The number of hydrogen-bond donors (Lipinski definition) is 1. The molecule has 0 aliphatic rings. The summed E-state index contributed by atoms with van der Waals surface area (Å²) < 4.78 is 5.21. The van der Waals surface area contributed by atoms with Crippen molar-refractivity contribution in [2.45, 2.75) is 37.0 Å². The fourth-order valence-corrected chi connectivity index (χ4v) is 4.15. The number of nitrogens with zero attached hydrogens (tertiary/aromatic N) is 3. The lowest BCUT2D eigenvalue weighted by Crippen LogP contribution is -2.10. The number of rotatable bonds is 5. The maximum absolute atomic E-state index is 9.92. The topological polar surface area (TPSA) is 95.7 Å². The van der Waals surface area contributed by atoms with Gasteiger partial charge < -0.3 is 10.5 Å². The molecule has 0 radical (unpaired) electrons. The Morgan fingerprint density at radius 1 is 0.968 bits per heavy atom. The largest absolute Gasteiger partial charge is 0.497 e. The Hall–Kier alpha value is -3.48. The SMILES string of the molecule is COc1ccc(-c2c(C#N)c(N)nc(SCc3ccc(C(C)(C)C)cc3)c2C#N)cc1. The third-order valence-corrected chi connectivity index (χ3v) is 6.04. The van der Waals surface area contributed by atoms with E-state index in [1.807, 2.05) is 12.1 Å². The first-order valence-electron chi connectivity index (χ1n) is 9.78. The molecular formula is C25H24N4OS. The van der Waals surface area contributed by atoms with Crippen LogP contribution in [0.15, 0.2) is 53.6 Å². The number of aromatic nitrogens is 1.